The van der Waals surface area contributed by atoms with Crippen LogP contribution in [0.25, 0.3) is 0 Å². The summed E-state index contributed by atoms with van der Waals surface area (Å²) in [7, 11) is -3.92. The minimum Gasteiger partial charge on any atom is -0.397 e. The lowest BCUT2D eigenvalue weighted by molar-refractivity contribution is 0.602. The van der Waals surface area contributed by atoms with E-state index in [4.69, 9.17) is 5.73 Å². The van der Waals surface area contributed by atoms with E-state index in [1.165, 1.54) is 6.07 Å². The molecule has 0 bridgehead atoms. The summed E-state index contributed by atoms with van der Waals surface area (Å²) in [5.74, 6) is 1.41. The molecular formula is C12H18N2O3S2. The Kier molecular flexibility index (Phi) is 4.15. The molecule has 0 radical (unpaired) electrons. The molecule has 1 aromatic carbocycles. The molecule has 0 aromatic heterocycles. The molecule has 1 saturated heterocycles. The van der Waals surface area contributed by atoms with Gasteiger partial charge in [-0.15, -0.1) is 0 Å². The lowest BCUT2D eigenvalue weighted by atomic mass is 10.1. The fraction of sp³-hybridized carbons (Fsp3) is 0.500. The first-order valence-electron chi connectivity index (χ1n) is 6.07. The number of nitrogens with one attached hydrogen (secondary N) is 1. The van der Waals surface area contributed by atoms with Crippen LogP contribution in [-0.4, -0.2) is 36.4 Å². The highest BCUT2D eigenvalue weighted by Gasteiger charge is 2.18. The smallest absolute Gasteiger partial charge is 0.175 e. The predicted molar refractivity (Wildman–Crippen MR) is 78.5 cm³/mol. The molecule has 0 atom stereocenters. The number of sulfone groups is 1. The van der Waals surface area contributed by atoms with Gasteiger partial charge in [0.05, 0.1) is 16.3 Å². The molecule has 0 aliphatic carbocycles. The molecule has 0 unspecified atom stereocenters. The average Bonchev–Trinajstić information content (AvgIpc) is 2.33. The zero-order valence-electron chi connectivity index (χ0n) is 10.8. The summed E-state index contributed by atoms with van der Waals surface area (Å²) < 4.78 is 34.1. The summed E-state index contributed by atoms with van der Waals surface area (Å²) in [4.78, 5) is 0.222. The molecule has 1 aromatic rings. The first kappa shape index (κ1) is 14.3. The van der Waals surface area contributed by atoms with Crippen molar-refractivity contribution in [3.8, 4) is 0 Å². The number of benzene rings is 1. The summed E-state index contributed by atoms with van der Waals surface area (Å²) >= 11 is 0. The van der Waals surface area contributed by atoms with Gasteiger partial charge in [0.15, 0.2) is 9.84 Å². The second-order valence-corrected chi connectivity index (χ2v) is 8.50. The summed E-state index contributed by atoms with van der Waals surface area (Å²) in [6.07, 6.45) is 2.85. The van der Waals surface area contributed by atoms with Gasteiger partial charge in [-0.05, 0) is 31.0 Å². The molecule has 106 valence electrons. The fourth-order valence-electron chi connectivity index (χ4n) is 2.06. The van der Waals surface area contributed by atoms with Crippen molar-refractivity contribution in [3.05, 3.63) is 18.2 Å². The molecule has 3 N–H and O–H groups in total. The van der Waals surface area contributed by atoms with Gasteiger partial charge in [-0.25, -0.2) is 8.42 Å². The van der Waals surface area contributed by atoms with E-state index in [0.717, 1.165) is 24.8 Å². The maximum Gasteiger partial charge on any atom is 0.175 e. The number of anilines is 2. The Labute approximate surface area is 116 Å². The highest BCUT2D eigenvalue weighted by molar-refractivity contribution is 7.90. The van der Waals surface area contributed by atoms with Crippen molar-refractivity contribution in [1.82, 2.24) is 0 Å². The third-order valence-electron chi connectivity index (χ3n) is 3.20. The molecule has 1 fully saturated rings. The van der Waals surface area contributed by atoms with Crippen LogP contribution in [-0.2, 0) is 20.6 Å². The molecule has 0 spiro atoms. The molecule has 5 nitrogen and oxygen atoms in total. The SMILES string of the molecule is CS(=O)(=O)c1ccc(NC2CCS(=O)CC2)c(N)c1. The lowest BCUT2D eigenvalue weighted by Gasteiger charge is -2.24. The van der Waals surface area contributed by atoms with Crippen molar-refractivity contribution in [3.63, 3.8) is 0 Å². The summed E-state index contributed by atoms with van der Waals surface area (Å²) in [5, 5.41) is 3.29. The van der Waals surface area contributed by atoms with Gasteiger partial charge >= 0.3 is 0 Å². The highest BCUT2D eigenvalue weighted by Crippen LogP contribution is 2.25. The van der Waals surface area contributed by atoms with Crippen LogP contribution >= 0.6 is 0 Å². The van der Waals surface area contributed by atoms with Crippen molar-refractivity contribution in [2.24, 2.45) is 0 Å². The van der Waals surface area contributed by atoms with Crippen molar-refractivity contribution < 1.29 is 12.6 Å². The van der Waals surface area contributed by atoms with Gasteiger partial charge in [-0.3, -0.25) is 4.21 Å². The van der Waals surface area contributed by atoms with Gasteiger partial charge in [-0.2, -0.15) is 0 Å². The van der Waals surface area contributed by atoms with Crippen LogP contribution in [0, 0.1) is 0 Å². The first-order chi connectivity index (χ1) is 8.86. The molecule has 0 saturated carbocycles. The molecule has 19 heavy (non-hydrogen) atoms. The van der Waals surface area contributed by atoms with E-state index >= 15 is 0 Å². The van der Waals surface area contributed by atoms with Gasteiger partial charge in [0.2, 0.25) is 0 Å². The molecule has 1 aliphatic heterocycles. The first-order valence-corrected chi connectivity index (χ1v) is 9.45. The van der Waals surface area contributed by atoms with Crippen LogP contribution < -0.4 is 11.1 Å². The minimum absolute atomic E-state index is 0.222. The normalized spacial score (nSPS) is 24.1. The Morgan fingerprint density at radius 2 is 1.95 bits per heavy atom. The predicted octanol–water partition coefficient (Wildman–Crippen LogP) is 0.995. The van der Waals surface area contributed by atoms with Crippen LogP contribution in [0.4, 0.5) is 11.4 Å². The Morgan fingerprint density at radius 1 is 1.32 bits per heavy atom. The number of hydrogen-bond donors (Lipinski definition) is 2. The van der Waals surface area contributed by atoms with Crippen LogP contribution in [0.15, 0.2) is 23.1 Å². The minimum atomic E-state index is -3.23. The van der Waals surface area contributed by atoms with Gasteiger partial charge < -0.3 is 11.1 Å². The van der Waals surface area contributed by atoms with Crippen LogP contribution in [0.3, 0.4) is 0 Å². The van der Waals surface area contributed by atoms with E-state index in [1.807, 2.05) is 0 Å². The molecule has 2 rings (SSSR count). The molecular weight excluding hydrogens is 284 g/mol. The maximum atomic E-state index is 11.4. The van der Waals surface area contributed by atoms with Gasteiger partial charge in [0, 0.05) is 34.6 Å². The second kappa shape index (κ2) is 5.50. The highest BCUT2D eigenvalue weighted by atomic mass is 32.2. The fourth-order valence-corrected chi connectivity index (χ4v) is 4.02. The van der Waals surface area contributed by atoms with Gasteiger partial charge in [0.1, 0.15) is 0 Å². The topological polar surface area (TPSA) is 89.3 Å². The Morgan fingerprint density at radius 3 is 2.47 bits per heavy atom. The Hall–Kier alpha value is -1.08. The van der Waals surface area contributed by atoms with Crippen molar-refractivity contribution in [2.45, 2.75) is 23.8 Å². The van der Waals surface area contributed by atoms with E-state index in [1.54, 1.807) is 12.1 Å². The zero-order chi connectivity index (χ0) is 14.0. The van der Waals surface area contributed by atoms with Crippen molar-refractivity contribution >= 4 is 32.0 Å². The van der Waals surface area contributed by atoms with Crippen LogP contribution in [0.2, 0.25) is 0 Å². The Bertz CT molecular complexity index is 589. The van der Waals surface area contributed by atoms with Gasteiger partial charge in [0.25, 0.3) is 0 Å². The van der Waals surface area contributed by atoms with E-state index in [-0.39, 0.29) is 10.9 Å². The second-order valence-electron chi connectivity index (χ2n) is 4.79. The van der Waals surface area contributed by atoms with Gasteiger partial charge in [-0.1, -0.05) is 0 Å². The lowest BCUT2D eigenvalue weighted by Crippen LogP contribution is -2.29. The summed E-state index contributed by atoms with van der Waals surface area (Å²) in [5.41, 5.74) is 7.04. The number of hydrogen-bond acceptors (Lipinski definition) is 5. The molecule has 1 heterocycles. The van der Waals surface area contributed by atoms with Crippen molar-refractivity contribution in [2.75, 3.05) is 28.8 Å². The van der Waals surface area contributed by atoms with E-state index < -0.39 is 20.6 Å². The maximum absolute atomic E-state index is 11.4. The Balaban J connectivity index is 2.11. The van der Waals surface area contributed by atoms with E-state index in [2.05, 4.69) is 5.32 Å². The number of nitrogens with two attached hydrogens (primary N) is 1. The monoisotopic (exact) mass is 302 g/mol. The zero-order valence-corrected chi connectivity index (χ0v) is 12.4. The summed E-state index contributed by atoms with van der Waals surface area (Å²) in [6.45, 7) is 0. The van der Waals surface area contributed by atoms with E-state index in [0.29, 0.717) is 17.2 Å². The average molecular weight is 302 g/mol. The quantitative estimate of drug-likeness (QED) is 0.813. The standard InChI is InChI=1S/C12H18N2O3S2/c1-19(16,17)10-2-3-12(11(13)8-10)14-9-4-6-18(15)7-5-9/h2-3,8-9,14H,4-7,13H2,1H3. The molecule has 0 amide bonds. The molecule has 7 heteroatoms. The summed E-state index contributed by atoms with van der Waals surface area (Å²) in [6, 6.07) is 4.97. The van der Waals surface area contributed by atoms with E-state index in [9.17, 15) is 12.6 Å². The number of nitrogen functional groups attached to an aromatic ring is 1. The van der Waals surface area contributed by atoms with Crippen LogP contribution in [0.1, 0.15) is 12.8 Å². The third-order valence-corrected chi connectivity index (χ3v) is 5.69. The largest absolute Gasteiger partial charge is 0.397 e. The molecule has 1 aliphatic rings. The van der Waals surface area contributed by atoms with Crippen molar-refractivity contribution in [1.29, 1.82) is 0 Å². The number of rotatable bonds is 3. The third kappa shape index (κ3) is 3.70. The van der Waals surface area contributed by atoms with Crippen LogP contribution in [0.5, 0.6) is 0 Å².